The zero-order valence-electron chi connectivity index (χ0n) is 18.0. The molecule has 3 rings (SSSR count). The van der Waals surface area contributed by atoms with Crippen molar-refractivity contribution in [3.05, 3.63) is 33.9 Å². The van der Waals surface area contributed by atoms with Gasteiger partial charge < -0.3 is 4.90 Å². The predicted octanol–water partition coefficient (Wildman–Crippen LogP) is 2.94. The van der Waals surface area contributed by atoms with Crippen LogP contribution in [0.1, 0.15) is 58.8 Å². The van der Waals surface area contributed by atoms with Gasteiger partial charge >= 0.3 is 0 Å². The third-order valence-corrected chi connectivity index (χ3v) is 6.40. The molecule has 5 nitrogen and oxygen atoms in total. The van der Waals surface area contributed by atoms with Crippen LogP contribution in [0.2, 0.25) is 0 Å². The number of aryl methyl sites for hydroxylation is 2. The van der Waals surface area contributed by atoms with Crippen molar-refractivity contribution in [3.63, 3.8) is 0 Å². The predicted molar refractivity (Wildman–Crippen MR) is 113 cm³/mol. The highest BCUT2D eigenvalue weighted by atomic mass is 16.2. The largest absolute Gasteiger partial charge is 0.342 e. The molecule has 0 N–H and O–H groups in total. The molecular weight excluding hydrogens is 350 g/mol. The Morgan fingerprint density at radius 3 is 2.07 bits per heavy atom. The maximum absolute atomic E-state index is 12.5. The first-order valence-electron chi connectivity index (χ1n) is 10.7. The molecule has 0 unspecified atom stereocenters. The number of piperazine rings is 1. The maximum atomic E-state index is 12.5. The van der Waals surface area contributed by atoms with Gasteiger partial charge in [0.1, 0.15) is 0 Å². The summed E-state index contributed by atoms with van der Waals surface area (Å²) in [6.07, 6.45) is 3.56. The summed E-state index contributed by atoms with van der Waals surface area (Å²) in [6.45, 7) is 15.0. The van der Waals surface area contributed by atoms with Gasteiger partial charge in [-0.15, -0.1) is 0 Å². The van der Waals surface area contributed by atoms with Crippen LogP contribution < -0.4 is 0 Å². The molecule has 154 valence electrons. The Hall–Kier alpha value is -1.72. The number of piperidine rings is 1. The second-order valence-corrected chi connectivity index (χ2v) is 8.54. The zero-order chi connectivity index (χ0) is 20.3. The molecule has 0 atom stereocenters. The van der Waals surface area contributed by atoms with E-state index in [1.165, 1.54) is 17.5 Å². The number of likely N-dealkylation sites (tertiary alicyclic amines) is 1. The second kappa shape index (κ2) is 9.19. The molecule has 1 aromatic carbocycles. The van der Waals surface area contributed by atoms with Gasteiger partial charge in [0.25, 0.3) is 0 Å². The van der Waals surface area contributed by atoms with E-state index in [1.54, 1.807) is 6.92 Å². The molecule has 0 saturated carbocycles. The van der Waals surface area contributed by atoms with E-state index in [4.69, 9.17) is 0 Å². The lowest BCUT2D eigenvalue weighted by Crippen LogP contribution is -2.50. The molecule has 1 aromatic rings. The summed E-state index contributed by atoms with van der Waals surface area (Å²) in [5, 5.41) is 0. The monoisotopic (exact) mass is 385 g/mol. The molecule has 28 heavy (non-hydrogen) atoms. The van der Waals surface area contributed by atoms with Gasteiger partial charge in [0.2, 0.25) is 5.91 Å². The van der Waals surface area contributed by atoms with Crippen LogP contribution in [-0.4, -0.2) is 72.2 Å². The number of rotatable bonds is 5. The van der Waals surface area contributed by atoms with Gasteiger partial charge in [-0.25, -0.2) is 0 Å². The van der Waals surface area contributed by atoms with Crippen molar-refractivity contribution in [2.24, 2.45) is 0 Å². The van der Waals surface area contributed by atoms with Crippen molar-refractivity contribution in [2.45, 2.75) is 53.5 Å². The molecule has 5 heteroatoms. The average Bonchev–Trinajstić information content (AvgIpc) is 2.66. The minimum atomic E-state index is 0.150. The minimum absolute atomic E-state index is 0.150. The molecular formula is C23H35N3O2. The molecule has 0 aromatic heterocycles. The van der Waals surface area contributed by atoms with E-state index in [0.29, 0.717) is 12.5 Å². The van der Waals surface area contributed by atoms with Gasteiger partial charge in [-0.1, -0.05) is 6.07 Å². The number of carbonyl (C=O) groups is 2. The van der Waals surface area contributed by atoms with Crippen molar-refractivity contribution in [1.29, 1.82) is 0 Å². The molecule has 0 aliphatic carbocycles. The summed E-state index contributed by atoms with van der Waals surface area (Å²) in [6, 6.07) is 2.15. The Balaban J connectivity index is 1.56. The Labute approximate surface area is 169 Å². The van der Waals surface area contributed by atoms with Crippen molar-refractivity contribution >= 4 is 11.7 Å². The number of hydrogen-bond acceptors (Lipinski definition) is 4. The SMILES string of the molecule is CC(=O)c1c(C)cc(C)c(CN2CCN(CC(=O)N3CCCCC3)CC2)c1C. The number of Topliss-reactive ketones (excluding diaryl/α,β-unsaturated/α-hetero) is 1. The van der Waals surface area contributed by atoms with E-state index in [2.05, 4.69) is 29.7 Å². The lowest BCUT2D eigenvalue weighted by molar-refractivity contribution is -0.133. The number of amides is 1. The standard InChI is InChI=1S/C23H35N3O2/c1-17-14-18(2)23(20(4)27)19(3)21(17)15-24-10-12-25(13-11-24)16-22(28)26-8-6-5-7-9-26/h14H,5-13,15-16H2,1-4H3. The van der Waals surface area contributed by atoms with Crippen LogP contribution in [0.25, 0.3) is 0 Å². The van der Waals surface area contributed by atoms with Gasteiger partial charge in [0.05, 0.1) is 6.54 Å². The highest BCUT2D eigenvalue weighted by Gasteiger charge is 2.24. The smallest absolute Gasteiger partial charge is 0.236 e. The summed E-state index contributed by atoms with van der Waals surface area (Å²) in [5.41, 5.74) is 5.64. The first-order valence-corrected chi connectivity index (χ1v) is 10.7. The van der Waals surface area contributed by atoms with E-state index in [-0.39, 0.29) is 5.78 Å². The first kappa shape index (κ1) is 21.0. The van der Waals surface area contributed by atoms with Crippen LogP contribution in [0.15, 0.2) is 6.07 Å². The highest BCUT2D eigenvalue weighted by molar-refractivity contribution is 5.97. The lowest BCUT2D eigenvalue weighted by Gasteiger charge is -2.36. The van der Waals surface area contributed by atoms with Crippen LogP contribution in [0.3, 0.4) is 0 Å². The second-order valence-electron chi connectivity index (χ2n) is 8.54. The van der Waals surface area contributed by atoms with Crippen molar-refractivity contribution < 1.29 is 9.59 Å². The molecule has 0 radical (unpaired) electrons. The molecule has 2 aliphatic heterocycles. The Morgan fingerprint density at radius 1 is 0.857 bits per heavy atom. The van der Waals surface area contributed by atoms with Gasteiger partial charge in [0, 0.05) is 51.4 Å². The molecule has 0 bridgehead atoms. The van der Waals surface area contributed by atoms with Gasteiger partial charge in [-0.05, 0) is 69.2 Å². The van der Waals surface area contributed by atoms with Crippen LogP contribution >= 0.6 is 0 Å². The Kier molecular flexibility index (Phi) is 6.89. The summed E-state index contributed by atoms with van der Waals surface area (Å²) < 4.78 is 0. The fourth-order valence-electron chi connectivity index (χ4n) is 4.78. The van der Waals surface area contributed by atoms with Gasteiger partial charge in [-0.3, -0.25) is 19.4 Å². The normalized spacial score (nSPS) is 19.1. The topological polar surface area (TPSA) is 43.9 Å². The summed E-state index contributed by atoms with van der Waals surface area (Å²) in [5.74, 6) is 0.446. The maximum Gasteiger partial charge on any atom is 0.236 e. The molecule has 2 heterocycles. The van der Waals surface area contributed by atoms with E-state index < -0.39 is 0 Å². The van der Waals surface area contributed by atoms with Crippen LogP contribution in [0.4, 0.5) is 0 Å². The van der Waals surface area contributed by atoms with Crippen LogP contribution in [0, 0.1) is 20.8 Å². The lowest BCUT2D eigenvalue weighted by atomic mass is 9.91. The van der Waals surface area contributed by atoms with E-state index in [9.17, 15) is 9.59 Å². The molecule has 2 saturated heterocycles. The van der Waals surface area contributed by atoms with Crippen molar-refractivity contribution in [1.82, 2.24) is 14.7 Å². The quantitative estimate of drug-likeness (QED) is 0.731. The van der Waals surface area contributed by atoms with E-state index in [0.717, 1.165) is 75.3 Å². The minimum Gasteiger partial charge on any atom is -0.342 e. The van der Waals surface area contributed by atoms with E-state index in [1.807, 2.05) is 11.8 Å². The van der Waals surface area contributed by atoms with Gasteiger partial charge in [-0.2, -0.15) is 0 Å². The zero-order valence-corrected chi connectivity index (χ0v) is 18.0. The van der Waals surface area contributed by atoms with Crippen LogP contribution in [0.5, 0.6) is 0 Å². The summed E-state index contributed by atoms with van der Waals surface area (Å²) >= 11 is 0. The average molecular weight is 386 g/mol. The fraction of sp³-hybridized carbons (Fsp3) is 0.652. The number of benzene rings is 1. The third-order valence-electron chi connectivity index (χ3n) is 6.40. The molecule has 2 aliphatic rings. The number of nitrogens with zero attached hydrogens (tertiary/aromatic N) is 3. The number of hydrogen-bond donors (Lipinski definition) is 0. The highest BCUT2D eigenvalue weighted by Crippen LogP contribution is 2.24. The van der Waals surface area contributed by atoms with Crippen LogP contribution in [-0.2, 0) is 11.3 Å². The Bertz CT molecular complexity index is 730. The first-order chi connectivity index (χ1) is 13.4. The number of ketones is 1. The van der Waals surface area contributed by atoms with Crippen molar-refractivity contribution in [2.75, 3.05) is 45.8 Å². The number of carbonyl (C=O) groups excluding carboxylic acids is 2. The summed E-state index contributed by atoms with van der Waals surface area (Å²) in [4.78, 5) is 31.4. The van der Waals surface area contributed by atoms with Gasteiger partial charge in [0.15, 0.2) is 5.78 Å². The molecule has 0 spiro atoms. The van der Waals surface area contributed by atoms with E-state index >= 15 is 0 Å². The molecule has 2 fully saturated rings. The Morgan fingerprint density at radius 2 is 1.46 bits per heavy atom. The summed E-state index contributed by atoms with van der Waals surface area (Å²) in [7, 11) is 0. The third kappa shape index (κ3) is 4.81. The molecule has 1 amide bonds. The fourth-order valence-corrected chi connectivity index (χ4v) is 4.78. The van der Waals surface area contributed by atoms with Crippen molar-refractivity contribution in [3.8, 4) is 0 Å².